The summed E-state index contributed by atoms with van der Waals surface area (Å²) in [4.78, 5) is 24.2. The molecule has 7 heteroatoms. The molecule has 0 radical (unpaired) electrons. The van der Waals surface area contributed by atoms with E-state index in [0.29, 0.717) is 15.7 Å². The van der Waals surface area contributed by atoms with E-state index in [1.807, 2.05) is 6.07 Å². The van der Waals surface area contributed by atoms with Crippen molar-refractivity contribution < 1.29 is 9.50 Å². The van der Waals surface area contributed by atoms with Crippen molar-refractivity contribution in [3.8, 4) is 11.9 Å². The fourth-order valence-corrected chi connectivity index (χ4v) is 1.60. The van der Waals surface area contributed by atoms with Crippen LogP contribution in [0.3, 0.4) is 0 Å². The van der Waals surface area contributed by atoms with Crippen LogP contribution in [0.1, 0.15) is 11.1 Å². The lowest BCUT2D eigenvalue weighted by Crippen LogP contribution is -2.32. The van der Waals surface area contributed by atoms with Crippen LogP contribution in [0, 0.1) is 17.1 Å². The van der Waals surface area contributed by atoms with E-state index in [2.05, 4.69) is 0 Å². The molecule has 0 unspecified atom stereocenters. The predicted octanol–water partition coefficient (Wildman–Crippen LogP) is 0.301. The summed E-state index contributed by atoms with van der Waals surface area (Å²) in [5, 5.41) is 18.2. The lowest BCUT2D eigenvalue weighted by Gasteiger charge is -2.08. The summed E-state index contributed by atoms with van der Waals surface area (Å²) in [6.45, 7) is -0.159. The molecule has 0 fully saturated rings. The van der Waals surface area contributed by atoms with Gasteiger partial charge in [0.25, 0.3) is 5.56 Å². The monoisotopic (exact) mass is 261 g/mol. The van der Waals surface area contributed by atoms with Gasteiger partial charge in [-0.2, -0.15) is 9.65 Å². The number of halogens is 1. The lowest BCUT2D eigenvalue weighted by atomic mass is 10.1. The molecule has 2 N–H and O–H groups in total. The molecule has 2 aromatic rings. The number of nitrogens with zero attached hydrogens (tertiary/aromatic N) is 2. The maximum absolute atomic E-state index is 13.2. The van der Waals surface area contributed by atoms with Gasteiger partial charge >= 0.3 is 5.69 Å². The van der Waals surface area contributed by atoms with Crippen molar-refractivity contribution in [3.63, 3.8) is 0 Å². The van der Waals surface area contributed by atoms with Crippen molar-refractivity contribution in [2.24, 2.45) is 0 Å². The number of hydrogen-bond donors (Lipinski definition) is 2. The summed E-state index contributed by atoms with van der Waals surface area (Å²) in [6, 6.07) is 8.19. The Morgan fingerprint density at radius 3 is 2.84 bits per heavy atom. The smallest absolute Gasteiger partial charge is 0.331 e. The van der Waals surface area contributed by atoms with Gasteiger partial charge in [-0.3, -0.25) is 14.3 Å². The molecule has 19 heavy (non-hydrogen) atoms. The highest BCUT2D eigenvalue weighted by Crippen LogP contribution is 2.11. The molecular weight excluding hydrogens is 253 g/mol. The zero-order valence-electron chi connectivity index (χ0n) is 9.55. The summed E-state index contributed by atoms with van der Waals surface area (Å²) >= 11 is 0. The van der Waals surface area contributed by atoms with Gasteiger partial charge in [0.15, 0.2) is 0 Å². The third-order valence-electron chi connectivity index (χ3n) is 2.51. The number of aromatic hydroxyl groups is 1. The quantitative estimate of drug-likeness (QED) is 0.812. The molecule has 6 nitrogen and oxygen atoms in total. The van der Waals surface area contributed by atoms with Gasteiger partial charge in [0.2, 0.25) is 11.7 Å². The van der Waals surface area contributed by atoms with E-state index in [1.165, 1.54) is 6.07 Å². The number of aromatic nitrogens is 2. The molecule has 0 bridgehead atoms. The highest BCUT2D eigenvalue weighted by Gasteiger charge is 2.13. The third-order valence-corrected chi connectivity index (χ3v) is 2.51. The third kappa shape index (κ3) is 2.37. The minimum absolute atomic E-state index is 0.159. The van der Waals surface area contributed by atoms with Crippen LogP contribution < -0.4 is 11.2 Å². The normalized spacial score (nSPS) is 10.1. The standard InChI is InChI=1S/C12H8FN3O3/c13-9-10(17)15-12(19)16(11(9)18)6-8-3-1-2-7(4-8)5-14/h1-4,18H,6H2,(H,15,17,19). The van der Waals surface area contributed by atoms with Gasteiger partial charge in [0, 0.05) is 0 Å². The fraction of sp³-hybridized carbons (Fsp3) is 0.0833. The second kappa shape index (κ2) is 4.78. The Bertz CT molecular complexity index is 786. The van der Waals surface area contributed by atoms with Gasteiger partial charge in [-0.05, 0) is 17.7 Å². The number of nitrogens with one attached hydrogen (secondary N) is 1. The van der Waals surface area contributed by atoms with Crippen molar-refractivity contribution in [1.29, 1.82) is 5.26 Å². The maximum Gasteiger partial charge on any atom is 0.331 e. The average Bonchev–Trinajstić information content (AvgIpc) is 2.41. The summed E-state index contributed by atoms with van der Waals surface area (Å²) in [5.74, 6) is -2.45. The second-order valence-corrected chi connectivity index (χ2v) is 3.80. The van der Waals surface area contributed by atoms with Gasteiger partial charge in [-0.15, -0.1) is 0 Å². The number of nitriles is 1. The van der Waals surface area contributed by atoms with Crippen LogP contribution in [0.2, 0.25) is 0 Å². The minimum atomic E-state index is -1.42. The summed E-state index contributed by atoms with van der Waals surface area (Å²) < 4.78 is 13.9. The summed E-state index contributed by atoms with van der Waals surface area (Å²) in [7, 11) is 0. The van der Waals surface area contributed by atoms with Crippen LogP contribution >= 0.6 is 0 Å². The molecule has 0 saturated heterocycles. The Labute approximate surface area is 106 Å². The number of benzene rings is 1. The first kappa shape index (κ1) is 12.6. The number of hydrogen-bond acceptors (Lipinski definition) is 4. The van der Waals surface area contributed by atoms with E-state index < -0.39 is 22.9 Å². The van der Waals surface area contributed by atoms with Crippen molar-refractivity contribution in [1.82, 2.24) is 9.55 Å². The number of H-pyrrole nitrogens is 1. The molecule has 0 aliphatic carbocycles. The van der Waals surface area contributed by atoms with Gasteiger partial charge in [0.05, 0.1) is 18.2 Å². The predicted molar refractivity (Wildman–Crippen MR) is 63.2 cm³/mol. The van der Waals surface area contributed by atoms with E-state index in [9.17, 15) is 19.1 Å². The first-order valence-electron chi connectivity index (χ1n) is 5.23. The van der Waals surface area contributed by atoms with Crippen LogP contribution in [0.25, 0.3) is 0 Å². The zero-order valence-corrected chi connectivity index (χ0v) is 9.55. The molecule has 0 aliphatic rings. The van der Waals surface area contributed by atoms with Crippen molar-refractivity contribution >= 4 is 0 Å². The Hall–Kier alpha value is -2.88. The fourth-order valence-electron chi connectivity index (χ4n) is 1.60. The molecule has 0 aliphatic heterocycles. The Kier molecular flexibility index (Phi) is 3.16. The van der Waals surface area contributed by atoms with Gasteiger partial charge in [0.1, 0.15) is 0 Å². The highest BCUT2D eigenvalue weighted by atomic mass is 19.1. The molecule has 0 spiro atoms. The molecule has 0 atom stereocenters. The molecule has 96 valence electrons. The molecule has 0 amide bonds. The summed E-state index contributed by atoms with van der Waals surface area (Å²) in [6.07, 6.45) is 0. The van der Waals surface area contributed by atoms with E-state index >= 15 is 0 Å². The topological polar surface area (TPSA) is 98.9 Å². The highest BCUT2D eigenvalue weighted by molar-refractivity contribution is 5.33. The van der Waals surface area contributed by atoms with Crippen molar-refractivity contribution in [3.05, 3.63) is 62.0 Å². The molecular formula is C12H8FN3O3. The molecule has 2 rings (SSSR count). The largest absolute Gasteiger partial charge is 0.492 e. The Balaban J connectivity index is 2.50. The zero-order chi connectivity index (χ0) is 14.0. The number of rotatable bonds is 2. The SMILES string of the molecule is N#Cc1cccc(Cn2c(O)c(F)c(=O)[nH]c2=O)c1. The number of aromatic amines is 1. The van der Waals surface area contributed by atoms with Crippen molar-refractivity contribution in [2.45, 2.75) is 6.54 Å². The van der Waals surface area contributed by atoms with E-state index in [1.54, 1.807) is 23.2 Å². The molecule has 0 saturated carbocycles. The molecule has 1 aromatic carbocycles. The van der Waals surface area contributed by atoms with Crippen molar-refractivity contribution in [2.75, 3.05) is 0 Å². The second-order valence-electron chi connectivity index (χ2n) is 3.80. The van der Waals surface area contributed by atoms with Crippen LogP contribution in [-0.4, -0.2) is 14.7 Å². The first-order chi connectivity index (χ1) is 9.02. The van der Waals surface area contributed by atoms with Gasteiger partial charge < -0.3 is 5.11 Å². The average molecular weight is 261 g/mol. The van der Waals surface area contributed by atoms with E-state index in [0.717, 1.165) is 0 Å². The van der Waals surface area contributed by atoms with Crippen LogP contribution in [0.5, 0.6) is 5.88 Å². The minimum Gasteiger partial charge on any atom is -0.492 e. The molecule has 1 aromatic heterocycles. The first-order valence-corrected chi connectivity index (χ1v) is 5.23. The van der Waals surface area contributed by atoms with Crippen LogP contribution in [0.15, 0.2) is 33.9 Å². The van der Waals surface area contributed by atoms with Crippen LogP contribution in [-0.2, 0) is 6.54 Å². The Morgan fingerprint density at radius 1 is 1.42 bits per heavy atom. The Morgan fingerprint density at radius 2 is 2.16 bits per heavy atom. The van der Waals surface area contributed by atoms with Gasteiger partial charge in [-0.25, -0.2) is 4.79 Å². The van der Waals surface area contributed by atoms with Gasteiger partial charge in [-0.1, -0.05) is 12.1 Å². The van der Waals surface area contributed by atoms with Crippen LogP contribution in [0.4, 0.5) is 4.39 Å². The maximum atomic E-state index is 13.2. The lowest BCUT2D eigenvalue weighted by molar-refractivity contribution is 0.367. The summed E-state index contributed by atoms with van der Waals surface area (Å²) in [5.41, 5.74) is -1.31. The van der Waals surface area contributed by atoms with E-state index in [4.69, 9.17) is 5.26 Å². The van der Waals surface area contributed by atoms with E-state index in [-0.39, 0.29) is 6.54 Å². The molecule has 1 heterocycles.